The Bertz CT molecular complexity index is 1090. The van der Waals surface area contributed by atoms with Gasteiger partial charge in [0.05, 0.1) is 22.8 Å². The summed E-state index contributed by atoms with van der Waals surface area (Å²) >= 11 is 1.62. The summed E-state index contributed by atoms with van der Waals surface area (Å²) in [5.74, 6) is 0.712. The minimum Gasteiger partial charge on any atom is -0.355 e. The van der Waals surface area contributed by atoms with Crippen molar-refractivity contribution in [2.24, 2.45) is 0 Å². The molecule has 0 saturated carbocycles. The van der Waals surface area contributed by atoms with E-state index in [0.717, 1.165) is 33.9 Å². The van der Waals surface area contributed by atoms with Gasteiger partial charge in [-0.25, -0.2) is 4.98 Å². The van der Waals surface area contributed by atoms with Crippen LogP contribution in [-0.2, 0) is 17.6 Å². The second-order valence-electron chi connectivity index (χ2n) is 6.57. The normalized spacial score (nSPS) is 10.8. The molecule has 0 aliphatic heterocycles. The highest BCUT2D eigenvalue weighted by atomic mass is 32.1. The van der Waals surface area contributed by atoms with E-state index in [1.54, 1.807) is 16.0 Å². The van der Waals surface area contributed by atoms with Gasteiger partial charge in [-0.05, 0) is 35.0 Å². The van der Waals surface area contributed by atoms with E-state index >= 15 is 0 Å². The molecule has 2 heterocycles. The molecule has 0 aliphatic rings. The standard InChI is InChI=1S/C21H20N6OS/c1-15-24-25-26-27(15)18-9-7-16(8-10-18)13-20(28)22-12-11-21-23-19(14-29-21)17-5-3-2-4-6-17/h2-10,14H,11-13H2,1H3,(H,22,28). The molecule has 146 valence electrons. The van der Waals surface area contributed by atoms with Crippen LogP contribution in [0, 0.1) is 6.92 Å². The molecule has 1 amide bonds. The Morgan fingerprint density at radius 3 is 2.62 bits per heavy atom. The number of hydrogen-bond acceptors (Lipinski definition) is 6. The van der Waals surface area contributed by atoms with Crippen LogP contribution in [0.2, 0.25) is 0 Å². The Morgan fingerprint density at radius 2 is 1.90 bits per heavy atom. The highest BCUT2D eigenvalue weighted by Gasteiger charge is 2.08. The van der Waals surface area contributed by atoms with Gasteiger partial charge in [0.15, 0.2) is 5.82 Å². The number of aromatic nitrogens is 5. The summed E-state index contributed by atoms with van der Waals surface area (Å²) < 4.78 is 1.65. The Morgan fingerprint density at radius 1 is 1.10 bits per heavy atom. The zero-order valence-electron chi connectivity index (χ0n) is 15.9. The molecule has 1 N–H and O–H groups in total. The second kappa shape index (κ2) is 8.74. The van der Waals surface area contributed by atoms with Crippen LogP contribution in [0.5, 0.6) is 0 Å². The van der Waals surface area contributed by atoms with Crippen molar-refractivity contribution in [3.05, 3.63) is 76.4 Å². The van der Waals surface area contributed by atoms with Crippen molar-refractivity contribution in [2.75, 3.05) is 6.54 Å². The number of carbonyl (C=O) groups is 1. The number of thiazole rings is 1. The van der Waals surface area contributed by atoms with Gasteiger partial charge in [-0.1, -0.05) is 42.5 Å². The number of nitrogens with zero attached hydrogens (tertiary/aromatic N) is 5. The Hall–Kier alpha value is -3.39. The Balaban J connectivity index is 1.26. The van der Waals surface area contributed by atoms with Gasteiger partial charge < -0.3 is 5.32 Å². The molecule has 0 aliphatic carbocycles. The first-order valence-electron chi connectivity index (χ1n) is 9.30. The van der Waals surface area contributed by atoms with E-state index in [4.69, 9.17) is 0 Å². The van der Waals surface area contributed by atoms with Crippen LogP contribution in [0.25, 0.3) is 16.9 Å². The van der Waals surface area contributed by atoms with Gasteiger partial charge in [0, 0.05) is 23.9 Å². The maximum absolute atomic E-state index is 12.2. The van der Waals surface area contributed by atoms with Crippen LogP contribution >= 0.6 is 11.3 Å². The highest BCUT2D eigenvalue weighted by Crippen LogP contribution is 2.21. The summed E-state index contributed by atoms with van der Waals surface area (Å²) in [7, 11) is 0. The first kappa shape index (κ1) is 18.9. The Kier molecular flexibility index (Phi) is 5.71. The summed E-state index contributed by atoms with van der Waals surface area (Å²) in [4.78, 5) is 16.9. The third-order valence-electron chi connectivity index (χ3n) is 4.45. The number of rotatable bonds is 7. The molecular formula is C21H20N6OS. The number of tetrazole rings is 1. The third-order valence-corrected chi connectivity index (χ3v) is 5.36. The van der Waals surface area contributed by atoms with E-state index in [9.17, 15) is 4.79 Å². The van der Waals surface area contributed by atoms with E-state index < -0.39 is 0 Å². The zero-order chi connectivity index (χ0) is 20.1. The molecule has 0 bridgehead atoms. The molecule has 0 radical (unpaired) electrons. The van der Waals surface area contributed by atoms with Crippen molar-refractivity contribution in [2.45, 2.75) is 19.8 Å². The van der Waals surface area contributed by atoms with Crippen molar-refractivity contribution in [1.82, 2.24) is 30.5 Å². The molecule has 2 aromatic carbocycles. The summed E-state index contributed by atoms with van der Waals surface area (Å²) in [6.45, 7) is 2.41. The molecule has 4 aromatic rings. The van der Waals surface area contributed by atoms with Gasteiger partial charge in [0.25, 0.3) is 0 Å². The fraction of sp³-hybridized carbons (Fsp3) is 0.190. The van der Waals surface area contributed by atoms with E-state index in [1.807, 2.05) is 61.5 Å². The van der Waals surface area contributed by atoms with Crippen LogP contribution in [0.3, 0.4) is 0 Å². The fourth-order valence-corrected chi connectivity index (χ4v) is 3.76. The summed E-state index contributed by atoms with van der Waals surface area (Å²) in [5.41, 5.74) is 3.90. The number of carbonyl (C=O) groups excluding carboxylic acids is 1. The average molecular weight is 404 g/mol. The smallest absolute Gasteiger partial charge is 0.224 e. The number of hydrogen-bond donors (Lipinski definition) is 1. The monoisotopic (exact) mass is 404 g/mol. The molecule has 0 unspecified atom stereocenters. The van der Waals surface area contributed by atoms with E-state index in [2.05, 4.69) is 31.2 Å². The van der Waals surface area contributed by atoms with Crippen molar-refractivity contribution in [3.63, 3.8) is 0 Å². The van der Waals surface area contributed by atoms with Crippen LogP contribution in [0.1, 0.15) is 16.4 Å². The zero-order valence-corrected chi connectivity index (χ0v) is 16.8. The first-order valence-corrected chi connectivity index (χ1v) is 10.2. The minimum absolute atomic E-state index is 0.00353. The molecule has 0 spiro atoms. The van der Waals surface area contributed by atoms with Crippen LogP contribution in [0.15, 0.2) is 60.0 Å². The van der Waals surface area contributed by atoms with Gasteiger partial charge in [-0.3, -0.25) is 4.79 Å². The molecule has 29 heavy (non-hydrogen) atoms. The van der Waals surface area contributed by atoms with Crippen LogP contribution in [0.4, 0.5) is 0 Å². The van der Waals surface area contributed by atoms with Crippen LogP contribution < -0.4 is 5.32 Å². The topological polar surface area (TPSA) is 85.6 Å². The van der Waals surface area contributed by atoms with Gasteiger partial charge >= 0.3 is 0 Å². The second-order valence-corrected chi connectivity index (χ2v) is 7.52. The molecule has 4 rings (SSSR count). The quantitative estimate of drug-likeness (QED) is 0.512. The maximum atomic E-state index is 12.2. The van der Waals surface area contributed by atoms with E-state index in [-0.39, 0.29) is 5.91 Å². The van der Waals surface area contributed by atoms with Crippen molar-refractivity contribution in [1.29, 1.82) is 0 Å². The number of nitrogens with one attached hydrogen (secondary N) is 1. The van der Waals surface area contributed by atoms with Crippen molar-refractivity contribution in [3.8, 4) is 16.9 Å². The fourth-order valence-electron chi connectivity index (χ4n) is 2.95. The summed E-state index contributed by atoms with van der Waals surface area (Å²) in [6, 6.07) is 17.8. The molecule has 0 atom stereocenters. The third kappa shape index (κ3) is 4.72. The first-order chi connectivity index (χ1) is 14.2. The van der Waals surface area contributed by atoms with Crippen LogP contribution in [-0.4, -0.2) is 37.6 Å². The lowest BCUT2D eigenvalue weighted by atomic mass is 10.1. The van der Waals surface area contributed by atoms with Gasteiger partial charge in [0.1, 0.15) is 0 Å². The number of benzene rings is 2. The average Bonchev–Trinajstić information content (AvgIpc) is 3.38. The SMILES string of the molecule is Cc1nnnn1-c1ccc(CC(=O)NCCc2nc(-c3ccccc3)cs2)cc1. The predicted molar refractivity (Wildman–Crippen MR) is 112 cm³/mol. The lowest BCUT2D eigenvalue weighted by molar-refractivity contribution is -0.120. The molecule has 7 nitrogen and oxygen atoms in total. The largest absolute Gasteiger partial charge is 0.355 e. The van der Waals surface area contributed by atoms with E-state index in [1.165, 1.54) is 0 Å². The lowest BCUT2D eigenvalue weighted by Gasteiger charge is -2.06. The summed E-state index contributed by atoms with van der Waals surface area (Å²) in [6.07, 6.45) is 1.06. The molecular weight excluding hydrogens is 384 g/mol. The molecule has 8 heteroatoms. The molecule has 2 aromatic heterocycles. The minimum atomic E-state index is -0.00353. The van der Waals surface area contributed by atoms with Gasteiger partial charge in [0.2, 0.25) is 5.91 Å². The van der Waals surface area contributed by atoms with Crippen molar-refractivity contribution < 1.29 is 4.79 Å². The van der Waals surface area contributed by atoms with Gasteiger partial charge in [-0.15, -0.1) is 16.4 Å². The summed E-state index contributed by atoms with van der Waals surface area (Å²) in [5, 5.41) is 17.5. The molecule has 0 fully saturated rings. The Labute approximate surface area is 172 Å². The van der Waals surface area contributed by atoms with Gasteiger partial charge in [-0.2, -0.15) is 4.68 Å². The van der Waals surface area contributed by atoms with E-state index in [0.29, 0.717) is 18.8 Å². The van der Waals surface area contributed by atoms with Crippen molar-refractivity contribution >= 4 is 17.2 Å². The maximum Gasteiger partial charge on any atom is 0.224 e. The molecule has 0 saturated heterocycles. The predicted octanol–water partition coefficient (Wildman–Crippen LogP) is 3.00. The number of aryl methyl sites for hydroxylation is 1. The number of amides is 1. The lowest BCUT2D eigenvalue weighted by Crippen LogP contribution is -2.27. The highest BCUT2D eigenvalue weighted by molar-refractivity contribution is 7.09.